The van der Waals surface area contributed by atoms with Crippen molar-refractivity contribution in [1.29, 1.82) is 0 Å². The molecule has 0 unspecified atom stereocenters. The SMILES string of the molecule is CCNCc1cc(S(=O)(=O)NC(C)C)cc(C)c1F. The lowest BCUT2D eigenvalue weighted by Crippen LogP contribution is -2.30. The van der Waals surface area contributed by atoms with E-state index >= 15 is 0 Å². The van der Waals surface area contributed by atoms with E-state index in [1.54, 1.807) is 20.8 Å². The Morgan fingerprint density at radius 2 is 1.95 bits per heavy atom. The van der Waals surface area contributed by atoms with Crippen LogP contribution in [0.4, 0.5) is 4.39 Å². The van der Waals surface area contributed by atoms with Crippen LogP contribution in [0.3, 0.4) is 0 Å². The van der Waals surface area contributed by atoms with Gasteiger partial charge in [-0.3, -0.25) is 0 Å². The molecule has 0 aromatic heterocycles. The van der Waals surface area contributed by atoms with Gasteiger partial charge in [0.15, 0.2) is 0 Å². The Hall–Kier alpha value is -0.980. The Kier molecular flexibility index (Phi) is 5.46. The van der Waals surface area contributed by atoms with Crippen LogP contribution in [0.5, 0.6) is 0 Å². The summed E-state index contributed by atoms with van der Waals surface area (Å²) in [4.78, 5) is 0.105. The van der Waals surface area contributed by atoms with Crippen molar-refractivity contribution in [3.63, 3.8) is 0 Å². The highest BCUT2D eigenvalue weighted by molar-refractivity contribution is 7.89. The van der Waals surface area contributed by atoms with Crippen molar-refractivity contribution in [2.45, 2.75) is 45.2 Å². The zero-order chi connectivity index (χ0) is 14.6. The normalized spacial score (nSPS) is 12.1. The Morgan fingerprint density at radius 1 is 1.32 bits per heavy atom. The lowest BCUT2D eigenvalue weighted by Gasteiger charge is -2.13. The topological polar surface area (TPSA) is 58.2 Å². The Morgan fingerprint density at radius 3 is 2.47 bits per heavy atom. The molecule has 0 spiro atoms. The highest BCUT2D eigenvalue weighted by Crippen LogP contribution is 2.19. The molecule has 0 aliphatic heterocycles. The first-order chi connectivity index (χ1) is 8.77. The van der Waals surface area contributed by atoms with Crippen LogP contribution in [0.1, 0.15) is 31.9 Å². The maximum atomic E-state index is 13.9. The van der Waals surface area contributed by atoms with Gasteiger partial charge in [-0.2, -0.15) is 0 Å². The van der Waals surface area contributed by atoms with Crippen LogP contribution < -0.4 is 10.0 Å². The molecule has 0 saturated carbocycles. The van der Waals surface area contributed by atoms with Crippen molar-refractivity contribution in [3.05, 3.63) is 29.1 Å². The van der Waals surface area contributed by atoms with Crippen molar-refractivity contribution < 1.29 is 12.8 Å². The Labute approximate surface area is 114 Å². The van der Waals surface area contributed by atoms with Gasteiger partial charge in [-0.15, -0.1) is 0 Å². The van der Waals surface area contributed by atoms with Crippen molar-refractivity contribution in [3.8, 4) is 0 Å². The summed E-state index contributed by atoms with van der Waals surface area (Å²) >= 11 is 0. The van der Waals surface area contributed by atoms with Gasteiger partial charge in [-0.1, -0.05) is 6.92 Å². The molecule has 0 atom stereocenters. The quantitative estimate of drug-likeness (QED) is 0.841. The molecule has 0 amide bonds. The molecule has 1 aromatic rings. The molecular formula is C13H21FN2O2S. The van der Waals surface area contributed by atoms with Crippen LogP contribution in [0.25, 0.3) is 0 Å². The second kappa shape index (κ2) is 6.45. The van der Waals surface area contributed by atoms with Gasteiger partial charge < -0.3 is 5.32 Å². The minimum atomic E-state index is -3.59. The van der Waals surface area contributed by atoms with E-state index in [0.717, 1.165) is 0 Å². The van der Waals surface area contributed by atoms with Gasteiger partial charge in [0.25, 0.3) is 0 Å². The van der Waals surface area contributed by atoms with E-state index in [1.165, 1.54) is 12.1 Å². The third kappa shape index (κ3) is 4.26. The van der Waals surface area contributed by atoms with Crippen molar-refractivity contribution in [2.24, 2.45) is 0 Å². The molecule has 0 bridgehead atoms. The average Bonchev–Trinajstić information content (AvgIpc) is 2.29. The fourth-order valence-electron chi connectivity index (χ4n) is 1.73. The van der Waals surface area contributed by atoms with Crippen molar-refractivity contribution >= 4 is 10.0 Å². The number of nitrogens with one attached hydrogen (secondary N) is 2. The molecule has 1 aromatic carbocycles. The summed E-state index contributed by atoms with van der Waals surface area (Å²) in [6.07, 6.45) is 0. The molecule has 0 fully saturated rings. The molecule has 108 valence electrons. The minimum Gasteiger partial charge on any atom is -0.313 e. The molecule has 0 radical (unpaired) electrons. The molecule has 2 N–H and O–H groups in total. The lowest BCUT2D eigenvalue weighted by atomic mass is 10.1. The van der Waals surface area contributed by atoms with Gasteiger partial charge >= 0.3 is 0 Å². The maximum absolute atomic E-state index is 13.9. The number of hydrogen-bond donors (Lipinski definition) is 2. The molecule has 0 aliphatic rings. The van der Waals surface area contributed by atoms with Gasteiger partial charge in [0, 0.05) is 18.2 Å². The predicted molar refractivity (Wildman–Crippen MR) is 74.0 cm³/mol. The monoisotopic (exact) mass is 288 g/mol. The van der Waals surface area contributed by atoms with E-state index in [-0.39, 0.29) is 16.8 Å². The lowest BCUT2D eigenvalue weighted by molar-refractivity contribution is 0.565. The number of benzene rings is 1. The van der Waals surface area contributed by atoms with E-state index in [4.69, 9.17) is 0 Å². The fraction of sp³-hybridized carbons (Fsp3) is 0.538. The van der Waals surface area contributed by atoms with E-state index in [1.807, 2.05) is 6.92 Å². The summed E-state index contributed by atoms with van der Waals surface area (Å²) in [6, 6.07) is 2.54. The largest absolute Gasteiger partial charge is 0.313 e. The highest BCUT2D eigenvalue weighted by atomic mass is 32.2. The predicted octanol–water partition coefficient (Wildman–Crippen LogP) is 1.93. The van der Waals surface area contributed by atoms with E-state index in [2.05, 4.69) is 10.0 Å². The first kappa shape index (κ1) is 16.1. The summed E-state index contributed by atoms with van der Waals surface area (Å²) in [6.45, 7) is 7.97. The van der Waals surface area contributed by atoms with E-state index in [0.29, 0.717) is 24.2 Å². The van der Waals surface area contributed by atoms with Gasteiger partial charge in [-0.25, -0.2) is 17.5 Å². The number of rotatable bonds is 6. The smallest absolute Gasteiger partial charge is 0.240 e. The standard InChI is InChI=1S/C13H21FN2O2S/c1-5-15-8-11-7-12(6-10(4)13(11)14)19(17,18)16-9(2)3/h6-7,9,15-16H,5,8H2,1-4H3. The van der Waals surface area contributed by atoms with Crippen LogP contribution in [0, 0.1) is 12.7 Å². The zero-order valence-electron chi connectivity index (χ0n) is 11.7. The highest BCUT2D eigenvalue weighted by Gasteiger charge is 2.18. The molecule has 0 aliphatic carbocycles. The summed E-state index contributed by atoms with van der Waals surface area (Å²) in [7, 11) is -3.59. The molecule has 1 rings (SSSR count). The van der Waals surface area contributed by atoms with Crippen LogP contribution in [-0.4, -0.2) is 21.0 Å². The molecule has 0 heterocycles. The third-order valence-electron chi connectivity index (χ3n) is 2.57. The minimum absolute atomic E-state index is 0.105. The second-order valence-corrected chi connectivity index (χ2v) is 6.48. The summed E-state index contributed by atoms with van der Waals surface area (Å²) in [5, 5.41) is 3.00. The van der Waals surface area contributed by atoms with Gasteiger partial charge in [-0.05, 0) is 45.0 Å². The van der Waals surface area contributed by atoms with Crippen LogP contribution in [0.15, 0.2) is 17.0 Å². The Balaban J connectivity index is 3.19. The Bertz CT molecular complexity index is 542. The van der Waals surface area contributed by atoms with Crippen molar-refractivity contribution in [1.82, 2.24) is 10.0 Å². The summed E-state index contributed by atoms with van der Waals surface area (Å²) in [5.74, 6) is -0.357. The molecule has 4 nitrogen and oxygen atoms in total. The first-order valence-corrected chi connectivity index (χ1v) is 7.78. The van der Waals surface area contributed by atoms with Gasteiger partial charge in [0.1, 0.15) is 5.82 Å². The third-order valence-corrected chi connectivity index (χ3v) is 4.21. The van der Waals surface area contributed by atoms with E-state index in [9.17, 15) is 12.8 Å². The van der Waals surface area contributed by atoms with Crippen LogP contribution in [-0.2, 0) is 16.6 Å². The van der Waals surface area contributed by atoms with Crippen LogP contribution in [0.2, 0.25) is 0 Å². The molecule has 19 heavy (non-hydrogen) atoms. The summed E-state index contributed by atoms with van der Waals surface area (Å²) in [5.41, 5.74) is 0.700. The number of sulfonamides is 1. The molecular weight excluding hydrogens is 267 g/mol. The molecule has 6 heteroatoms. The van der Waals surface area contributed by atoms with Crippen molar-refractivity contribution in [2.75, 3.05) is 6.54 Å². The number of hydrogen-bond acceptors (Lipinski definition) is 3. The first-order valence-electron chi connectivity index (χ1n) is 6.30. The average molecular weight is 288 g/mol. The number of halogens is 1. The number of aryl methyl sites for hydroxylation is 1. The van der Waals surface area contributed by atoms with Gasteiger partial charge in [0.05, 0.1) is 4.90 Å². The zero-order valence-corrected chi connectivity index (χ0v) is 12.6. The van der Waals surface area contributed by atoms with Crippen LogP contribution >= 0.6 is 0 Å². The maximum Gasteiger partial charge on any atom is 0.240 e. The second-order valence-electron chi connectivity index (χ2n) is 4.77. The molecule has 0 saturated heterocycles. The van der Waals surface area contributed by atoms with E-state index < -0.39 is 10.0 Å². The fourth-order valence-corrected chi connectivity index (χ4v) is 3.11. The van der Waals surface area contributed by atoms with Gasteiger partial charge in [0.2, 0.25) is 10.0 Å². The summed E-state index contributed by atoms with van der Waals surface area (Å²) < 4.78 is 40.6.